The second-order valence-electron chi connectivity index (χ2n) is 4.77. The summed E-state index contributed by atoms with van der Waals surface area (Å²) in [5, 5.41) is 0. The van der Waals surface area contributed by atoms with E-state index in [1.807, 2.05) is 0 Å². The van der Waals surface area contributed by atoms with Gasteiger partial charge in [-0.1, -0.05) is 0 Å². The van der Waals surface area contributed by atoms with E-state index in [4.69, 9.17) is 10.5 Å². The molecule has 0 bridgehead atoms. The summed E-state index contributed by atoms with van der Waals surface area (Å²) >= 11 is 0. The number of benzene rings is 1. The van der Waals surface area contributed by atoms with Crippen LogP contribution in [0.4, 0.5) is 4.39 Å². The molecule has 19 heavy (non-hydrogen) atoms. The van der Waals surface area contributed by atoms with Crippen molar-refractivity contribution in [1.82, 2.24) is 9.97 Å². The Hall–Kier alpha value is -2.01. The second-order valence-corrected chi connectivity index (χ2v) is 4.77. The quantitative estimate of drug-likeness (QED) is 0.918. The van der Waals surface area contributed by atoms with E-state index in [-0.39, 0.29) is 5.82 Å². The standard InChI is InChI=1S/C14H14FN3O/c1-19-12-3-2-9(15)8-10(12)11-4-7-17-13(18-11)14(16)5-6-14/h2-4,7-8H,5-6,16H2,1H3. The normalized spacial score (nSPS) is 16.2. The molecule has 1 aromatic carbocycles. The molecule has 2 aromatic rings. The van der Waals surface area contributed by atoms with Gasteiger partial charge in [0.15, 0.2) is 0 Å². The Kier molecular flexibility index (Phi) is 2.71. The summed E-state index contributed by atoms with van der Waals surface area (Å²) in [7, 11) is 1.55. The lowest BCUT2D eigenvalue weighted by molar-refractivity contribution is 0.415. The predicted octanol–water partition coefficient (Wildman–Crippen LogP) is 2.24. The molecule has 1 aliphatic rings. The molecule has 1 saturated carbocycles. The highest BCUT2D eigenvalue weighted by Crippen LogP contribution is 2.41. The number of rotatable bonds is 3. The van der Waals surface area contributed by atoms with Crippen LogP contribution in [0.25, 0.3) is 11.3 Å². The highest BCUT2D eigenvalue weighted by Gasteiger charge is 2.43. The van der Waals surface area contributed by atoms with Gasteiger partial charge in [-0.15, -0.1) is 0 Å². The highest BCUT2D eigenvalue weighted by molar-refractivity contribution is 5.67. The van der Waals surface area contributed by atoms with Gasteiger partial charge in [0.2, 0.25) is 0 Å². The van der Waals surface area contributed by atoms with Crippen LogP contribution in [0, 0.1) is 5.82 Å². The zero-order valence-corrected chi connectivity index (χ0v) is 10.6. The van der Waals surface area contributed by atoms with Crippen molar-refractivity contribution >= 4 is 0 Å². The van der Waals surface area contributed by atoms with Crippen LogP contribution in [-0.4, -0.2) is 17.1 Å². The van der Waals surface area contributed by atoms with Crippen LogP contribution in [-0.2, 0) is 5.54 Å². The highest BCUT2D eigenvalue weighted by atomic mass is 19.1. The fourth-order valence-electron chi connectivity index (χ4n) is 1.99. The Bertz CT molecular complexity index is 626. The Balaban J connectivity index is 2.09. The van der Waals surface area contributed by atoms with Gasteiger partial charge in [-0.3, -0.25) is 0 Å². The van der Waals surface area contributed by atoms with E-state index < -0.39 is 5.54 Å². The molecule has 1 fully saturated rings. The molecule has 0 spiro atoms. The predicted molar refractivity (Wildman–Crippen MR) is 69.1 cm³/mol. The first-order valence-electron chi connectivity index (χ1n) is 6.09. The van der Waals surface area contributed by atoms with Crippen molar-refractivity contribution in [3.63, 3.8) is 0 Å². The molecule has 1 heterocycles. The summed E-state index contributed by atoms with van der Waals surface area (Å²) in [5.41, 5.74) is 6.91. The third-order valence-corrected chi connectivity index (χ3v) is 3.33. The van der Waals surface area contributed by atoms with Gasteiger partial charge in [0.1, 0.15) is 17.4 Å². The minimum Gasteiger partial charge on any atom is -0.496 e. The van der Waals surface area contributed by atoms with Gasteiger partial charge < -0.3 is 10.5 Å². The van der Waals surface area contributed by atoms with Crippen LogP contribution in [0.3, 0.4) is 0 Å². The Labute approximate surface area is 110 Å². The molecule has 0 unspecified atom stereocenters. The van der Waals surface area contributed by atoms with Crippen molar-refractivity contribution in [1.29, 1.82) is 0 Å². The lowest BCUT2D eigenvalue weighted by Crippen LogP contribution is -2.22. The van der Waals surface area contributed by atoms with E-state index in [0.717, 1.165) is 12.8 Å². The van der Waals surface area contributed by atoms with Crippen molar-refractivity contribution in [2.75, 3.05) is 7.11 Å². The number of nitrogens with two attached hydrogens (primary N) is 1. The molecule has 0 atom stereocenters. The van der Waals surface area contributed by atoms with Gasteiger partial charge in [0, 0.05) is 11.8 Å². The first-order valence-corrected chi connectivity index (χ1v) is 6.09. The zero-order chi connectivity index (χ0) is 13.5. The summed E-state index contributed by atoms with van der Waals surface area (Å²) in [4.78, 5) is 8.65. The Morgan fingerprint density at radius 2 is 2.11 bits per heavy atom. The Morgan fingerprint density at radius 3 is 2.79 bits per heavy atom. The summed E-state index contributed by atoms with van der Waals surface area (Å²) in [5.74, 6) is 0.856. The molecule has 98 valence electrons. The molecule has 1 aliphatic carbocycles. The molecule has 1 aromatic heterocycles. The van der Waals surface area contributed by atoms with Gasteiger partial charge in [0.05, 0.1) is 18.3 Å². The number of ether oxygens (including phenoxy) is 1. The molecule has 3 rings (SSSR count). The van der Waals surface area contributed by atoms with Crippen molar-refractivity contribution in [2.24, 2.45) is 5.73 Å². The topological polar surface area (TPSA) is 61.0 Å². The summed E-state index contributed by atoms with van der Waals surface area (Å²) in [6.45, 7) is 0. The summed E-state index contributed by atoms with van der Waals surface area (Å²) < 4.78 is 18.6. The maximum absolute atomic E-state index is 13.4. The average Bonchev–Trinajstić information content (AvgIpc) is 3.18. The minimum atomic E-state index is -0.406. The fourth-order valence-corrected chi connectivity index (χ4v) is 1.99. The van der Waals surface area contributed by atoms with Crippen LogP contribution >= 0.6 is 0 Å². The van der Waals surface area contributed by atoms with E-state index in [2.05, 4.69) is 9.97 Å². The van der Waals surface area contributed by atoms with E-state index in [9.17, 15) is 4.39 Å². The van der Waals surface area contributed by atoms with E-state index >= 15 is 0 Å². The van der Waals surface area contributed by atoms with Crippen molar-refractivity contribution < 1.29 is 9.13 Å². The largest absolute Gasteiger partial charge is 0.496 e. The monoisotopic (exact) mass is 259 g/mol. The van der Waals surface area contributed by atoms with Gasteiger partial charge in [-0.05, 0) is 37.1 Å². The first-order chi connectivity index (χ1) is 9.12. The van der Waals surface area contributed by atoms with Crippen molar-refractivity contribution in [3.05, 3.63) is 42.1 Å². The first kappa shape index (κ1) is 12.0. The minimum absolute atomic E-state index is 0.329. The molecule has 2 N–H and O–H groups in total. The SMILES string of the molecule is COc1ccc(F)cc1-c1ccnc(C2(N)CC2)n1. The number of methoxy groups -OCH3 is 1. The van der Waals surface area contributed by atoms with Crippen LogP contribution < -0.4 is 10.5 Å². The fraction of sp³-hybridized carbons (Fsp3) is 0.286. The van der Waals surface area contributed by atoms with Gasteiger partial charge in [0.25, 0.3) is 0 Å². The third-order valence-electron chi connectivity index (χ3n) is 3.33. The van der Waals surface area contributed by atoms with E-state index in [1.165, 1.54) is 12.1 Å². The van der Waals surface area contributed by atoms with Crippen LogP contribution in [0.2, 0.25) is 0 Å². The summed E-state index contributed by atoms with van der Waals surface area (Å²) in [6, 6.07) is 6.07. The lowest BCUT2D eigenvalue weighted by atomic mass is 10.1. The zero-order valence-electron chi connectivity index (χ0n) is 10.6. The van der Waals surface area contributed by atoms with Crippen molar-refractivity contribution in [2.45, 2.75) is 18.4 Å². The number of hydrogen-bond acceptors (Lipinski definition) is 4. The van der Waals surface area contributed by atoms with Crippen molar-refractivity contribution in [3.8, 4) is 17.0 Å². The lowest BCUT2D eigenvalue weighted by Gasteiger charge is -2.11. The maximum Gasteiger partial charge on any atom is 0.148 e. The van der Waals surface area contributed by atoms with Crippen LogP contribution in [0.1, 0.15) is 18.7 Å². The number of hydrogen-bond donors (Lipinski definition) is 1. The molecule has 0 radical (unpaired) electrons. The number of nitrogens with zero attached hydrogens (tertiary/aromatic N) is 2. The van der Waals surface area contributed by atoms with E-state index in [0.29, 0.717) is 22.8 Å². The maximum atomic E-state index is 13.4. The molecule has 0 saturated heterocycles. The Morgan fingerprint density at radius 1 is 1.32 bits per heavy atom. The molecule has 4 nitrogen and oxygen atoms in total. The summed E-state index contributed by atoms with van der Waals surface area (Å²) in [6.07, 6.45) is 3.42. The van der Waals surface area contributed by atoms with Gasteiger partial charge >= 0.3 is 0 Å². The van der Waals surface area contributed by atoms with Crippen LogP contribution in [0.5, 0.6) is 5.75 Å². The number of halogens is 1. The third kappa shape index (κ3) is 2.17. The van der Waals surface area contributed by atoms with Crippen LogP contribution in [0.15, 0.2) is 30.5 Å². The number of aromatic nitrogens is 2. The smallest absolute Gasteiger partial charge is 0.148 e. The average molecular weight is 259 g/mol. The molecular weight excluding hydrogens is 245 g/mol. The van der Waals surface area contributed by atoms with Gasteiger partial charge in [-0.2, -0.15) is 0 Å². The molecule has 5 heteroatoms. The molecular formula is C14H14FN3O. The second kappa shape index (κ2) is 4.28. The van der Waals surface area contributed by atoms with Gasteiger partial charge in [-0.25, -0.2) is 14.4 Å². The molecule has 0 aliphatic heterocycles. The van der Waals surface area contributed by atoms with E-state index in [1.54, 1.807) is 25.4 Å². The molecule has 0 amide bonds.